The van der Waals surface area contributed by atoms with Gasteiger partial charge in [-0.3, -0.25) is 24.3 Å². The predicted octanol–water partition coefficient (Wildman–Crippen LogP) is -0.194. The van der Waals surface area contributed by atoms with Crippen LogP contribution in [0.3, 0.4) is 0 Å². The van der Waals surface area contributed by atoms with Crippen molar-refractivity contribution in [3.63, 3.8) is 0 Å². The quantitative estimate of drug-likeness (QED) is 0.735. The van der Waals surface area contributed by atoms with Crippen molar-refractivity contribution in [1.82, 2.24) is 14.8 Å². The van der Waals surface area contributed by atoms with Crippen molar-refractivity contribution >= 4 is 17.7 Å². The fourth-order valence-electron chi connectivity index (χ4n) is 2.00. The van der Waals surface area contributed by atoms with Gasteiger partial charge < -0.3 is 10.6 Å². The average molecular weight is 306 g/mol. The number of pyridine rings is 1. The highest BCUT2D eigenvalue weighted by Gasteiger charge is 2.28. The molecule has 0 unspecified atom stereocenters. The second kappa shape index (κ2) is 8.89. The molecule has 0 aliphatic heterocycles. The molecule has 0 aliphatic rings. The Morgan fingerprint density at radius 1 is 1.14 bits per heavy atom. The highest BCUT2D eigenvalue weighted by molar-refractivity contribution is 6.37. The van der Waals surface area contributed by atoms with Crippen LogP contribution in [0.15, 0.2) is 24.5 Å². The summed E-state index contributed by atoms with van der Waals surface area (Å²) in [5.74, 6) is -1.98. The normalized spacial score (nSPS) is 10.1. The predicted molar refractivity (Wildman–Crippen MR) is 81.6 cm³/mol. The van der Waals surface area contributed by atoms with E-state index in [9.17, 15) is 14.4 Å². The average Bonchev–Trinajstić information content (AvgIpc) is 2.53. The number of carbonyl (C=O) groups excluding carboxylic acids is 3. The van der Waals surface area contributed by atoms with Gasteiger partial charge in [0.2, 0.25) is 5.91 Å². The Morgan fingerprint density at radius 2 is 1.77 bits per heavy atom. The topological polar surface area (TPSA) is 96.6 Å². The molecule has 1 aromatic heterocycles. The van der Waals surface area contributed by atoms with Crippen molar-refractivity contribution in [1.29, 1.82) is 0 Å². The minimum atomic E-state index is -0.825. The fraction of sp³-hybridized carbons (Fsp3) is 0.467. The van der Waals surface area contributed by atoms with Gasteiger partial charge in [0.1, 0.15) is 0 Å². The zero-order valence-corrected chi connectivity index (χ0v) is 13.0. The Labute approximate surface area is 130 Å². The van der Waals surface area contributed by atoms with Crippen LogP contribution in [0.1, 0.15) is 19.4 Å². The molecule has 0 saturated heterocycles. The molecule has 0 saturated carbocycles. The van der Waals surface area contributed by atoms with Gasteiger partial charge in [-0.15, -0.1) is 0 Å². The van der Waals surface area contributed by atoms with E-state index >= 15 is 0 Å². The molecule has 0 atom stereocenters. The van der Waals surface area contributed by atoms with Crippen molar-refractivity contribution in [3.8, 4) is 0 Å². The van der Waals surface area contributed by atoms with Gasteiger partial charge in [-0.25, -0.2) is 0 Å². The molecule has 2 N–H and O–H groups in total. The molecule has 22 heavy (non-hydrogen) atoms. The number of imide groups is 1. The summed E-state index contributed by atoms with van der Waals surface area (Å²) in [5, 5.41) is 0. The van der Waals surface area contributed by atoms with E-state index in [4.69, 9.17) is 5.73 Å². The summed E-state index contributed by atoms with van der Waals surface area (Å²) in [5.41, 5.74) is 6.40. The molecule has 120 valence electrons. The number of likely N-dealkylation sites (N-methyl/N-ethyl adjacent to an activating group) is 1. The molecule has 1 aromatic rings. The molecular formula is C15H22N4O3. The first-order chi connectivity index (χ1) is 10.5. The van der Waals surface area contributed by atoms with E-state index < -0.39 is 17.7 Å². The van der Waals surface area contributed by atoms with E-state index in [1.54, 1.807) is 19.3 Å². The van der Waals surface area contributed by atoms with Crippen LogP contribution in [0.5, 0.6) is 0 Å². The van der Waals surface area contributed by atoms with Crippen molar-refractivity contribution < 1.29 is 14.4 Å². The Balaban J connectivity index is 2.70. The zero-order chi connectivity index (χ0) is 16.5. The van der Waals surface area contributed by atoms with E-state index in [0.717, 1.165) is 10.5 Å². The summed E-state index contributed by atoms with van der Waals surface area (Å²) in [6, 6.07) is 3.72. The third-order valence-corrected chi connectivity index (χ3v) is 3.25. The van der Waals surface area contributed by atoms with E-state index in [1.807, 2.05) is 12.1 Å². The van der Waals surface area contributed by atoms with Gasteiger partial charge in [-0.05, 0) is 31.0 Å². The molecule has 0 radical (unpaired) electrons. The van der Waals surface area contributed by atoms with Crippen LogP contribution in [0.25, 0.3) is 0 Å². The number of hydrogen-bond donors (Lipinski definition) is 1. The largest absolute Gasteiger partial charge is 0.334 e. The monoisotopic (exact) mass is 306 g/mol. The molecule has 1 heterocycles. The van der Waals surface area contributed by atoms with Crippen LogP contribution in [0.2, 0.25) is 0 Å². The maximum Gasteiger partial charge on any atom is 0.318 e. The maximum absolute atomic E-state index is 12.2. The Hall–Kier alpha value is -2.28. The van der Waals surface area contributed by atoms with Crippen molar-refractivity contribution in [2.24, 2.45) is 5.73 Å². The smallest absolute Gasteiger partial charge is 0.318 e. The zero-order valence-electron chi connectivity index (χ0n) is 13.0. The molecule has 0 aromatic carbocycles. The fourth-order valence-corrected chi connectivity index (χ4v) is 2.00. The lowest BCUT2D eigenvalue weighted by Crippen LogP contribution is -2.49. The minimum absolute atomic E-state index is 0.0435. The molecule has 7 heteroatoms. The first kappa shape index (κ1) is 17.8. The van der Waals surface area contributed by atoms with Crippen LogP contribution in [-0.2, 0) is 20.8 Å². The van der Waals surface area contributed by atoms with Crippen LogP contribution in [-0.4, -0.2) is 58.7 Å². The second-order valence-electron chi connectivity index (χ2n) is 4.75. The van der Waals surface area contributed by atoms with Gasteiger partial charge in [0.25, 0.3) is 0 Å². The van der Waals surface area contributed by atoms with E-state index in [1.165, 1.54) is 11.8 Å². The molecule has 1 rings (SSSR count). The standard InChI is InChI=1S/C15H22N4O3/c1-3-18(10-6-13-4-8-17-9-5-13)14(21)15(22)19(11-7-16)12(2)20/h4-5,8-9H,3,6-7,10-11,16H2,1-2H3. The van der Waals surface area contributed by atoms with E-state index in [0.29, 0.717) is 19.5 Å². The lowest BCUT2D eigenvalue weighted by Gasteiger charge is -2.24. The summed E-state index contributed by atoms with van der Waals surface area (Å²) >= 11 is 0. The highest BCUT2D eigenvalue weighted by atomic mass is 16.2. The molecule has 3 amide bonds. The highest BCUT2D eigenvalue weighted by Crippen LogP contribution is 2.03. The van der Waals surface area contributed by atoms with Crippen LogP contribution in [0, 0.1) is 0 Å². The minimum Gasteiger partial charge on any atom is -0.334 e. The number of nitrogens with zero attached hydrogens (tertiary/aromatic N) is 3. The molecule has 0 aliphatic carbocycles. The van der Waals surface area contributed by atoms with E-state index in [-0.39, 0.29) is 13.1 Å². The molecule has 7 nitrogen and oxygen atoms in total. The van der Waals surface area contributed by atoms with Gasteiger partial charge in [-0.1, -0.05) is 0 Å². The van der Waals surface area contributed by atoms with Crippen molar-refractivity contribution in [2.75, 3.05) is 26.2 Å². The number of aromatic nitrogens is 1. The van der Waals surface area contributed by atoms with E-state index in [2.05, 4.69) is 4.98 Å². The molecule has 0 bridgehead atoms. The molecule has 0 spiro atoms. The summed E-state index contributed by atoms with van der Waals surface area (Å²) in [6.07, 6.45) is 3.97. The van der Waals surface area contributed by atoms with Crippen LogP contribution in [0.4, 0.5) is 0 Å². The number of hydrogen-bond acceptors (Lipinski definition) is 5. The summed E-state index contributed by atoms with van der Waals surface area (Å²) < 4.78 is 0. The lowest BCUT2D eigenvalue weighted by molar-refractivity contribution is -0.156. The first-order valence-corrected chi connectivity index (χ1v) is 7.21. The third-order valence-electron chi connectivity index (χ3n) is 3.25. The lowest BCUT2D eigenvalue weighted by atomic mass is 10.2. The number of amides is 3. The summed E-state index contributed by atoms with van der Waals surface area (Å²) in [7, 11) is 0. The van der Waals surface area contributed by atoms with Crippen molar-refractivity contribution in [3.05, 3.63) is 30.1 Å². The maximum atomic E-state index is 12.2. The van der Waals surface area contributed by atoms with Crippen LogP contribution < -0.4 is 5.73 Å². The number of nitrogens with two attached hydrogens (primary N) is 1. The van der Waals surface area contributed by atoms with Gasteiger partial charge in [0.15, 0.2) is 0 Å². The molecule has 0 fully saturated rings. The van der Waals surface area contributed by atoms with Gasteiger partial charge in [0.05, 0.1) is 0 Å². The first-order valence-electron chi connectivity index (χ1n) is 7.21. The van der Waals surface area contributed by atoms with Gasteiger partial charge in [-0.2, -0.15) is 0 Å². The van der Waals surface area contributed by atoms with Gasteiger partial charge >= 0.3 is 11.8 Å². The Bertz CT molecular complexity index is 519. The van der Waals surface area contributed by atoms with Crippen molar-refractivity contribution in [2.45, 2.75) is 20.3 Å². The van der Waals surface area contributed by atoms with Crippen LogP contribution >= 0.6 is 0 Å². The summed E-state index contributed by atoms with van der Waals surface area (Å²) in [6.45, 7) is 4.00. The molecular weight excluding hydrogens is 284 g/mol. The third kappa shape index (κ3) is 4.92. The Kier molecular flexibility index (Phi) is 7.18. The second-order valence-corrected chi connectivity index (χ2v) is 4.75. The SMILES string of the molecule is CCN(CCc1ccncc1)C(=O)C(=O)N(CCN)C(C)=O. The summed E-state index contributed by atoms with van der Waals surface area (Å²) in [4.78, 5) is 42.1. The number of rotatable bonds is 6. The number of carbonyl (C=O) groups is 3. The van der Waals surface area contributed by atoms with Gasteiger partial charge in [0, 0.05) is 45.5 Å². The Morgan fingerprint density at radius 3 is 2.27 bits per heavy atom.